The summed E-state index contributed by atoms with van der Waals surface area (Å²) in [6.07, 6.45) is 4.20. The lowest BCUT2D eigenvalue weighted by Gasteiger charge is -2.28. The zero-order valence-corrected chi connectivity index (χ0v) is 43.6. The van der Waals surface area contributed by atoms with Gasteiger partial charge in [-0.05, 0) is 89.1 Å². The summed E-state index contributed by atoms with van der Waals surface area (Å²) < 4.78 is 27.8. The highest BCUT2D eigenvalue weighted by atomic mass is 35.5. The van der Waals surface area contributed by atoms with E-state index in [-0.39, 0.29) is 25.7 Å². The molecule has 358 valence electrons. The van der Waals surface area contributed by atoms with E-state index in [1.807, 2.05) is 0 Å². The fraction of sp³-hybridized carbons (Fsp3) is 0.259. The van der Waals surface area contributed by atoms with Crippen molar-refractivity contribution in [1.29, 1.82) is 0 Å². The first-order valence-electron chi connectivity index (χ1n) is 23.7. The highest BCUT2D eigenvalue weighted by Crippen LogP contribution is 2.55. The van der Waals surface area contributed by atoms with Gasteiger partial charge in [-0.25, -0.2) is 4.79 Å². The van der Waals surface area contributed by atoms with E-state index in [0.717, 1.165) is 113 Å². The van der Waals surface area contributed by atoms with Gasteiger partial charge in [0.1, 0.15) is 0 Å². The number of carbonyl (C=O) groups excluding carboxylic acids is 1. The Kier molecular flexibility index (Phi) is 12.9. The zero-order valence-electron chi connectivity index (χ0n) is 40.6. The monoisotopic (exact) mass is 1010 g/mol. The van der Waals surface area contributed by atoms with Gasteiger partial charge in [0.25, 0.3) is 0 Å². The van der Waals surface area contributed by atoms with E-state index < -0.39 is 11.6 Å². The van der Waals surface area contributed by atoms with E-state index in [0.29, 0.717) is 31.9 Å². The summed E-state index contributed by atoms with van der Waals surface area (Å²) in [4.78, 5) is 15.1. The second kappa shape index (κ2) is 18.8. The predicted octanol–water partition coefficient (Wildman–Crippen LogP) is 15.3. The number of halogens is 4. The third-order valence-corrected chi connectivity index (χ3v) is 16.3. The van der Waals surface area contributed by atoms with Crippen LogP contribution in [0.25, 0.3) is 54.8 Å². The number of rotatable bonds is 14. The normalized spacial score (nSPS) is 15.4. The van der Waals surface area contributed by atoms with Crippen LogP contribution in [-0.4, -0.2) is 51.7 Å². The molecule has 9 aromatic rings. The van der Waals surface area contributed by atoms with Crippen LogP contribution in [0.2, 0.25) is 20.1 Å². The molecule has 5 aromatic carbocycles. The van der Waals surface area contributed by atoms with E-state index in [4.69, 9.17) is 60.6 Å². The second-order valence-electron chi connectivity index (χ2n) is 18.0. The Morgan fingerprint density at radius 3 is 1.20 bits per heavy atom. The van der Waals surface area contributed by atoms with Gasteiger partial charge >= 0.3 is 5.97 Å². The smallest absolute Gasteiger partial charge is 0.341 e. The molecule has 12 heteroatoms. The van der Waals surface area contributed by atoms with Gasteiger partial charge in [-0.15, -0.1) is 0 Å². The summed E-state index contributed by atoms with van der Waals surface area (Å²) in [6, 6.07) is 33.8. The fourth-order valence-corrected chi connectivity index (χ4v) is 12.6. The van der Waals surface area contributed by atoms with Gasteiger partial charge in [-0.1, -0.05) is 119 Å². The number of benzene rings is 5. The molecule has 0 amide bonds. The summed E-state index contributed by atoms with van der Waals surface area (Å²) in [5.74, 6) is -0.675. The van der Waals surface area contributed by atoms with Gasteiger partial charge in [0, 0.05) is 135 Å². The van der Waals surface area contributed by atoms with Crippen molar-refractivity contribution in [3.8, 4) is 0 Å². The van der Waals surface area contributed by atoms with Crippen molar-refractivity contribution in [2.45, 2.75) is 73.3 Å². The van der Waals surface area contributed by atoms with Crippen LogP contribution < -0.4 is 0 Å². The van der Waals surface area contributed by atoms with E-state index in [2.05, 4.69) is 169 Å². The first-order valence-corrected chi connectivity index (χ1v) is 25.2. The van der Waals surface area contributed by atoms with E-state index in [1.54, 1.807) is 14.2 Å². The number of aromatic nitrogens is 4. The molecule has 4 aromatic heterocycles. The molecule has 0 spiro atoms. The highest BCUT2D eigenvalue weighted by molar-refractivity contribution is 6.53. The maximum absolute atomic E-state index is 15.1. The van der Waals surface area contributed by atoms with Crippen molar-refractivity contribution in [1.82, 2.24) is 18.3 Å². The van der Waals surface area contributed by atoms with Crippen LogP contribution in [0.5, 0.6) is 0 Å². The molecule has 0 aliphatic carbocycles. The van der Waals surface area contributed by atoms with E-state index >= 15 is 4.79 Å². The largest absolute Gasteiger partial charge is 0.442 e. The molecule has 1 aliphatic rings. The van der Waals surface area contributed by atoms with Gasteiger partial charge in [0.2, 0.25) is 0 Å². The number of ether oxygens (including phenoxy) is 3. The number of nitrogens with zero attached hydrogens (tertiary/aromatic N) is 4. The van der Waals surface area contributed by atoms with Crippen LogP contribution in [0.15, 0.2) is 109 Å². The summed E-state index contributed by atoms with van der Waals surface area (Å²) in [6.45, 7) is 16.6. The van der Waals surface area contributed by atoms with Crippen molar-refractivity contribution >= 4 is 107 Å². The molecule has 0 unspecified atom stereocenters. The lowest BCUT2D eigenvalue weighted by Crippen LogP contribution is -2.23. The Morgan fingerprint density at radius 2 is 0.843 bits per heavy atom. The first kappa shape index (κ1) is 47.9. The van der Waals surface area contributed by atoms with Gasteiger partial charge in [-0.2, -0.15) is 0 Å². The Hall–Kier alpha value is -5.71. The van der Waals surface area contributed by atoms with Crippen LogP contribution >= 0.6 is 46.4 Å². The molecule has 0 saturated carbocycles. The van der Waals surface area contributed by atoms with E-state index in [1.165, 1.54) is 0 Å². The number of methoxy groups -OCH3 is 2. The fourth-order valence-electron chi connectivity index (χ4n) is 11.5. The number of esters is 1. The molecule has 1 aliphatic heterocycles. The molecule has 5 heterocycles. The number of fused-ring (bicyclic) bond motifs is 5. The van der Waals surface area contributed by atoms with Crippen LogP contribution in [0.3, 0.4) is 0 Å². The molecule has 0 saturated heterocycles. The molecule has 8 nitrogen and oxygen atoms in total. The number of aryl methyl sites for hydroxylation is 2. The van der Waals surface area contributed by atoms with Crippen molar-refractivity contribution in [3.63, 3.8) is 0 Å². The van der Waals surface area contributed by atoms with E-state index in [9.17, 15) is 0 Å². The minimum Gasteiger partial charge on any atom is -0.442 e. The summed E-state index contributed by atoms with van der Waals surface area (Å²) >= 11 is 28.8. The Labute approximate surface area is 428 Å². The third kappa shape index (κ3) is 7.28. The molecular weight excluding hydrogens is 958 g/mol. The summed E-state index contributed by atoms with van der Waals surface area (Å²) in [7, 11) is 3.44. The van der Waals surface area contributed by atoms with Gasteiger partial charge in [-0.3, -0.25) is 0 Å². The standard InChI is InChI=1S/C58H54Cl4N4O4/c1-9-63-33(3)47(37-19-11-15-23-43(37)63)41(49-35(5)65(27-29-68-7)45-25-17-13-21-39(45)49)31-58(52-51(57(67)70-58)53(59)55(61)56(62)54(52)60)32-42(48-34(4)64(10-2)44-24-16-12-20-38(44)48)50-36(6)66(28-30-69-8)46-26-18-14-22-40(46)50/h11-26,31-32H,9-10,27-30H2,1-8H3. The topological polar surface area (TPSA) is 64.5 Å². The van der Waals surface area contributed by atoms with Gasteiger partial charge in [0.15, 0.2) is 5.60 Å². The number of carbonyl (C=O) groups is 1. The van der Waals surface area contributed by atoms with Gasteiger partial charge < -0.3 is 32.5 Å². The van der Waals surface area contributed by atoms with Crippen LogP contribution in [-0.2, 0) is 46.0 Å². The van der Waals surface area contributed by atoms with Crippen LogP contribution in [0, 0.1) is 27.7 Å². The molecule has 10 rings (SSSR count). The zero-order chi connectivity index (χ0) is 49.3. The summed E-state index contributed by atoms with van der Waals surface area (Å²) in [5, 5.41) is 4.18. The lowest BCUT2D eigenvalue weighted by molar-refractivity contribution is 0.0300. The highest BCUT2D eigenvalue weighted by Gasteiger charge is 2.49. The average molecular weight is 1010 g/mol. The number of cyclic esters (lactones) is 1. The average Bonchev–Trinajstić information content (AvgIpc) is 4.09. The molecule has 0 radical (unpaired) electrons. The van der Waals surface area contributed by atoms with Crippen molar-refractivity contribution < 1.29 is 19.0 Å². The minimum atomic E-state index is -1.76. The Balaban J connectivity index is 1.46. The Morgan fingerprint density at radius 1 is 0.514 bits per heavy atom. The molecule has 0 fully saturated rings. The molecular formula is C58H54Cl4N4O4. The molecule has 70 heavy (non-hydrogen) atoms. The maximum Gasteiger partial charge on any atom is 0.341 e. The van der Waals surface area contributed by atoms with Crippen LogP contribution in [0.1, 0.15) is 74.8 Å². The molecule has 0 N–H and O–H groups in total. The van der Waals surface area contributed by atoms with Crippen molar-refractivity contribution in [2.24, 2.45) is 0 Å². The number of hydrogen-bond acceptors (Lipinski definition) is 4. The first-order chi connectivity index (χ1) is 33.8. The van der Waals surface area contributed by atoms with Gasteiger partial charge in [0.05, 0.1) is 38.9 Å². The quantitative estimate of drug-likeness (QED) is 0.0618. The predicted molar refractivity (Wildman–Crippen MR) is 290 cm³/mol. The third-order valence-electron chi connectivity index (χ3n) is 14.5. The Bertz CT molecular complexity index is 3470. The maximum atomic E-state index is 15.1. The molecule has 0 bridgehead atoms. The number of hydrogen-bond donors (Lipinski definition) is 0. The molecule has 0 atom stereocenters. The van der Waals surface area contributed by atoms with Crippen molar-refractivity contribution in [2.75, 3.05) is 27.4 Å². The SMILES string of the molecule is CCn1c(C)c(C(=CC2(C=C(c3c(C)n(CC)c4ccccc34)c3c(C)n(CCOC)c4ccccc34)OC(=O)c3c(Cl)c(Cl)c(Cl)c(Cl)c32)c2c(C)n(CCOC)c3ccccc23)c2ccccc21. The minimum absolute atomic E-state index is 0.0222. The van der Waals surface area contributed by atoms with Crippen molar-refractivity contribution in [3.05, 3.63) is 185 Å². The lowest BCUT2D eigenvalue weighted by atomic mass is 9.81. The second-order valence-corrected chi connectivity index (χ2v) is 19.5. The summed E-state index contributed by atoms with van der Waals surface area (Å²) in [5.41, 5.74) is 12.6. The van der Waals surface area contributed by atoms with Crippen LogP contribution in [0.4, 0.5) is 0 Å². The number of para-hydroxylation sites is 4.